The maximum atomic E-state index is 11.7. The van der Waals surface area contributed by atoms with E-state index >= 15 is 0 Å². The summed E-state index contributed by atoms with van der Waals surface area (Å²) in [7, 11) is 0. The molecule has 0 atom stereocenters. The lowest BCUT2D eigenvalue weighted by Crippen LogP contribution is -2.10. The van der Waals surface area contributed by atoms with Gasteiger partial charge >= 0.3 is 0 Å². The Hall–Kier alpha value is -3.72. The molecule has 0 unspecified atom stereocenters. The van der Waals surface area contributed by atoms with Crippen molar-refractivity contribution in [3.8, 4) is 0 Å². The summed E-state index contributed by atoms with van der Waals surface area (Å²) in [6, 6.07) is 24.9. The standard InChI is InChI=1S/C29H29NO2/c1-4-28(31)8-6-7-23-11-17-26(18-12-23)30(25-15-9-22(3)10-16-25)27-19-13-24(14-20-27)21-29(32)5-2/h4-5,9-20H,1-2,6-8,21H2,3H3. The molecule has 0 bridgehead atoms. The van der Waals surface area contributed by atoms with Crippen LogP contribution in [0, 0.1) is 6.92 Å². The molecule has 0 N–H and O–H groups in total. The number of anilines is 3. The number of rotatable bonds is 11. The van der Waals surface area contributed by atoms with Gasteiger partial charge in [0.05, 0.1) is 0 Å². The predicted octanol–water partition coefficient (Wildman–Crippen LogP) is 6.84. The third-order valence-electron chi connectivity index (χ3n) is 5.40. The van der Waals surface area contributed by atoms with Gasteiger partial charge < -0.3 is 4.90 Å². The first-order valence-electron chi connectivity index (χ1n) is 10.9. The van der Waals surface area contributed by atoms with Gasteiger partial charge in [0, 0.05) is 29.9 Å². The zero-order valence-electron chi connectivity index (χ0n) is 18.6. The molecule has 3 heteroatoms. The number of ketones is 2. The highest BCUT2D eigenvalue weighted by Crippen LogP contribution is 2.35. The number of nitrogens with zero attached hydrogens (tertiary/aromatic N) is 1. The lowest BCUT2D eigenvalue weighted by Gasteiger charge is -2.26. The van der Waals surface area contributed by atoms with E-state index in [0.29, 0.717) is 12.8 Å². The zero-order valence-corrected chi connectivity index (χ0v) is 18.6. The van der Waals surface area contributed by atoms with E-state index in [4.69, 9.17) is 0 Å². The minimum atomic E-state index is 0.0125. The van der Waals surface area contributed by atoms with Crippen molar-refractivity contribution >= 4 is 28.6 Å². The molecule has 0 saturated carbocycles. The fourth-order valence-corrected chi connectivity index (χ4v) is 3.56. The van der Waals surface area contributed by atoms with Crippen molar-refractivity contribution in [3.63, 3.8) is 0 Å². The summed E-state index contributed by atoms with van der Waals surface area (Å²) in [5, 5.41) is 0. The Morgan fingerprint density at radius 2 is 1.19 bits per heavy atom. The van der Waals surface area contributed by atoms with Crippen LogP contribution in [0.5, 0.6) is 0 Å². The lowest BCUT2D eigenvalue weighted by atomic mass is 10.0. The molecular weight excluding hydrogens is 394 g/mol. The number of allylic oxidation sites excluding steroid dienone is 2. The van der Waals surface area contributed by atoms with Gasteiger partial charge in [-0.15, -0.1) is 0 Å². The molecule has 0 saturated heterocycles. The van der Waals surface area contributed by atoms with E-state index in [1.807, 2.05) is 24.3 Å². The van der Waals surface area contributed by atoms with Crippen molar-refractivity contribution in [2.45, 2.75) is 32.6 Å². The molecule has 3 aromatic carbocycles. The van der Waals surface area contributed by atoms with Gasteiger partial charge in [0.1, 0.15) is 0 Å². The van der Waals surface area contributed by atoms with Crippen molar-refractivity contribution in [1.82, 2.24) is 0 Å². The Morgan fingerprint density at radius 1 is 0.719 bits per heavy atom. The molecule has 0 aromatic heterocycles. The second-order valence-electron chi connectivity index (χ2n) is 7.88. The molecule has 0 spiro atoms. The van der Waals surface area contributed by atoms with Crippen LogP contribution in [-0.4, -0.2) is 11.6 Å². The number of hydrogen-bond donors (Lipinski definition) is 0. The molecule has 3 rings (SSSR count). The monoisotopic (exact) mass is 423 g/mol. The SMILES string of the molecule is C=CC(=O)CCCc1ccc(N(c2ccc(C)cc2)c2ccc(CC(=O)C=C)cc2)cc1. The highest BCUT2D eigenvalue weighted by atomic mass is 16.1. The molecule has 0 fully saturated rings. The van der Waals surface area contributed by atoms with Crippen LogP contribution in [0.3, 0.4) is 0 Å². The van der Waals surface area contributed by atoms with E-state index < -0.39 is 0 Å². The van der Waals surface area contributed by atoms with Crippen LogP contribution in [0.2, 0.25) is 0 Å². The highest BCUT2D eigenvalue weighted by molar-refractivity contribution is 5.91. The lowest BCUT2D eigenvalue weighted by molar-refractivity contribution is -0.115. The molecule has 3 aromatic rings. The van der Waals surface area contributed by atoms with E-state index in [1.54, 1.807) is 0 Å². The maximum absolute atomic E-state index is 11.7. The van der Waals surface area contributed by atoms with Crippen molar-refractivity contribution in [3.05, 3.63) is 115 Å². The smallest absolute Gasteiger partial charge is 0.159 e. The van der Waals surface area contributed by atoms with Crippen LogP contribution in [0.4, 0.5) is 17.1 Å². The first kappa shape index (κ1) is 23.0. The van der Waals surface area contributed by atoms with E-state index in [0.717, 1.165) is 35.5 Å². The molecule has 32 heavy (non-hydrogen) atoms. The minimum Gasteiger partial charge on any atom is -0.311 e. The van der Waals surface area contributed by atoms with Crippen LogP contribution in [0.25, 0.3) is 0 Å². The van der Waals surface area contributed by atoms with Gasteiger partial charge in [0.25, 0.3) is 0 Å². The van der Waals surface area contributed by atoms with Gasteiger partial charge in [-0.2, -0.15) is 0 Å². The van der Waals surface area contributed by atoms with Gasteiger partial charge in [0.15, 0.2) is 11.6 Å². The minimum absolute atomic E-state index is 0.0125. The fraction of sp³-hybridized carbons (Fsp3) is 0.172. The van der Waals surface area contributed by atoms with Gasteiger partial charge in [-0.3, -0.25) is 9.59 Å². The summed E-state index contributed by atoms with van der Waals surface area (Å²) in [4.78, 5) is 25.3. The topological polar surface area (TPSA) is 37.4 Å². The third kappa shape index (κ3) is 6.14. The second kappa shape index (κ2) is 11.1. The Balaban J connectivity index is 1.86. The van der Waals surface area contributed by atoms with E-state index in [9.17, 15) is 9.59 Å². The first-order valence-corrected chi connectivity index (χ1v) is 10.9. The quantitative estimate of drug-likeness (QED) is 0.317. The van der Waals surface area contributed by atoms with Crippen LogP contribution >= 0.6 is 0 Å². The van der Waals surface area contributed by atoms with Gasteiger partial charge in [-0.1, -0.05) is 55.1 Å². The summed E-state index contributed by atoms with van der Waals surface area (Å²) in [6.45, 7) is 9.15. The summed E-state index contributed by atoms with van der Waals surface area (Å²) >= 11 is 0. The van der Waals surface area contributed by atoms with Gasteiger partial charge in [0.2, 0.25) is 0 Å². The summed E-state index contributed by atoms with van der Waals surface area (Å²) in [5.41, 5.74) is 6.51. The van der Waals surface area contributed by atoms with Crippen LogP contribution in [-0.2, 0) is 22.4 Å². The molecule has 0 radical (unpaired) electrons. The first-order chi connectivity index (χ1) is 15.5. The van der Waals surface area contributed by atoms with Crippen molar-refractivity contribution in [2.24, 2.45) is 0 Å². The molecule has 0 heterocycles. The summed E-state index contributed by atoms with van der Waals surface area (Å²) in [6.07, 6.45) is 5.31. The fourth-order valence-electron chi connectivity index (χ4n) is 3.56. The van der Waals surface area contributed by atoms with E-state index in [-0.39, 0.29) is 11.6 Å². The second-order valence-corrected chi connectivity index (χ2v) is 7.88. The molecule has 0 aliphatic rings. The number of benzene rings is 3. The largest absolute Gasteiger partial charge is 0.311 e. The van der Waals surface area contributed by atoms with E-state index in [2.05, 4.69) is 73.5 Å². The van der Waals surface area contributed by atoms with Gasteiger partial charge in [-0.05, 0) is 79.4 Å². The van der Waals surface area contributed by atoms with Crippen LogP contribution < -0.4 is 4.90 Å². The van der Waals surface area contributed by atoms with E-state index in [1.165, 1.54) is 23.3 Å². The third-order valence-corrected chi connectivity index (χ3v) is 5.40. The number of carbonyl (C=O) groups is 2. The van der Waals surface area contributed by atoms with Gasteiger partial charge in [-0.25, -0.2) is 0 Å². The average Bonchev–Trinajstić information content (AvgIpc) is 2.82. The highest BCUT2D eigenvalue weighted by Gasteiger charge is 2.13. The summed E-state index contributed by atoms with van der Waals surface area (Å²) in [5.74, 6) is 0.101. The number of carbonyl (C=O) groups excluding carboxylic acids is 2. The summed E-state index contributed by atoms with van der Waals surface area (Å²) < 4.78 is 0. The van der Waals surface area contributed by atoms with Crippen molar-refractivity contribution in [1.29, 1.82) is 0 Å². The van der Waals surface area contributed by atoms with Crippen LogP contribution in [0.15, 0.2) is 98.1 Å². The molecule has 3 nitrogen and oxygen atoms in total. The molecular formula is C29H29NO2. The molecule has 0 aliphatic heterocycles. The Bertz CT molecular complexity index is 1080. The zero-order chi connectivity index (χ0) is 22.9. The average molecular weight is 424 g/mol. The number of aryl methyl sites for hydroxylation is 2. The Morgan fingerprint density at radius 3 is 1.69 bits per heavy atom. The molecule has 0 aliphatic carbocycles. The Labute approximate surface area is 190 Å². The Kier molecular flexibility index (Phi) is 7.93. The predicted molar refractivity (Wildman–Crippen MR) is 133 cm³/mol. The van der Waals surface area contributed by atoms with Crippen molar-refractivity contribution in [2.75, 3.05) is 4.90 Å². The normalized spacial score (nSPS) is 10.4. The molecule has 162 valence electrons. The number of hydrogen-bond acceptors (Lipinski definition) is 3. The maximum Gasteiger partial charge on any atom is 0.159 e. The molecule has 0 amide bonds. The van der Waals surface area contributed by atoms with Crippen molar-refractivity contribution < 1.29 is 9.59 Å². The van der Waals surface area contributed by atoms with Crippen LogP contribution in [0.1, 0.15) is 29.5 Å².